The third kappa shape index (κ3) is 3.54. The molecule has 1 N–H and O–H groups in total. The summed E-state index contributed by atoms with van der Waals surface area (Å²) in [6.07, 6.45) is 8.24. The molecule has 0 aliphatic heterocycles. The van der Waals surface area contributed by atoms with Gasteiger partial charge in [0, 0.05) is 24.9 Å². The number of para-hydroxylation sites is 2. The minimum Gasteiger partial charge on any atom is -0.355 e. The lowest BCUT2D eigenvalue weighted by Gasteiger charge is -2.55. The largest absolute Gasteiger partial charge is 0.355 e. The number of fused-ring (bicyclic) bond motifs is 1. The van der Waals surface area contributed by atoms with Crippen LogP contribution in [-0.2, 0) is 17.8 Å². The number of amides is 1. The van der Waals surface area contributed by atoms with Crippen molar-refractivity contribution in [1.29, 1.82) is 0 Å². The molecule has 1 amide bonds. The molecule has 3 aromatic rings. The zero-order valence-electron chi connectivity index (χ0n) is 19.0. The topological polar surface area (TPSA) is 46.9 Å². The van der Waals surface area contributed by atoms with Crippen molar-refractivity contribution in [2.75, 3.05) is 6.54 Å². The van der Waals surface area contributed by atoms with Crippen molar-refractivity contribution in [3.63, 3.8) is 0 Å². The highest BCUT2D eigenvalue weighted by atomic mass is 16.2. The van der Waals surface area contributed by atoms with E-state index in [4.69, 9.17) is 4.98 Å². The minimum atomic E-state index is -0.0726. The molecular formula is C28H33N3O. The van der Waals surface area contributed by atoms with Gasteiger partial charge in [0.15, 0.2) is 0 Å². The molecule has 4 aliphatic carbocycles. The average Bonchev–Trinajstić information content (AvgIpc) is 3.11. The van der Waals surface area contributed by atoms with Crippen molar-refractivity contribution >= 4 is 16.9 Å². The number of hydrogen-bond donors (Lipinski definition) is 1. The van der Waals surface area contributed by atoms with Crippen LogP contribution in [0.4, 0.5) is 0 Å². The van der Waals surface area contributed by atoms with Crippen LogP contribution < -0.4 is 5.32 Å². The van der Waals surface area contributed by atoms with Gasteiger partial charge in [-0.15, -0.1) is 0 Å². The molecule has 7 rings (SSSR count). The van der Waals surface area contributed by atoms with Crippen molar-refractivity contribution in [2.45, 2.75) is 58.4 Å². The minimum absolute atomic E-state index is 0.0726. The van der Waals surface area contributed by atoms with Crippen LogP contribution in [-0.4, -0.2) is 22.0 Å². The Hall–Kier alpha value is -2.62. The molecule has 4 saturated carbocycles. The van der Waals surface area contributed by atoms with E-state index in [9.17, 15) is 4.79 Å². The van der Waals surface area contributed by atoms with Gasteiger partial charge in [-0.3, -0.25) is 4.79 Å². The molecule has 4 fully saturated rings. The Bertz CT molecular complexity index is 1110. The predicted molar refractivity (Wildman–Crippen MR) is 127 cm³/mol. The number of carbonyl (C=O) groups excluding carboxylic acids is 1. The lowest BCUT2D eigenvalue weighted by molar-refractivity contribution is -0.146. The van der Waals surface area contributed by atoms with E-state index >= 15 is 0 Å². The molecule has 2 aromatic carbocycles. The number of hydrogen-bond acceptors (Lipinski definition) is 2. The lowest BCUT2D eigenvalue weighted by Crippen LogP contribution is -2.53. The van der Waals surface area contributed by atoms with E-state index in [1.807, 2.05) is 6.07 Å². The van der Waals surface area contributed by atoms with E-state index < -0.39 is 0 Å². The zero-order valence-corrected chi connectivity index (χ0v) is 19.0. The number of aryl methyl sites for hydroxylation is 1. The van der Waals surface area contributed by atoms with Gasteiger partial charge >= 0.3 is 0 Å². The lowest BCUT2D eigenvalue weighted by atomic mass is 9.49. The van der Waals surface area contributed by atoms with E-state index in [0.717, 1.165) is 66.8 Å². The quantitative estimate of drug-likeness (QED) is 0.583. The molecular weight excluding hydrogens is 394 g/mol. The molecule has 4 nitrogen and oxygen atoms in total. The number of nitrogens with zero attached hydrogens (tertiary/aromatic N) is 2. The van der Waals surface area contributed by atoms with Crippen molar-refractivity contribution in [3.8, 4) is 0 Å². The highest BCUT2D eigenvalue weighted by molar-refractivity contribution is 5.83. The summed E-state index contributed by atoms with van der Waals surface area (Å²) in [5, 5.41) is 3.34. The second-order valence-electron chi connectivity index (χ2n) is 10.8. The molecule has 1 heterocycles. The van der Waals surface area contributed by atoms with Gasteiger partial charge in [-0.2, -0.15) is 0 Å². The first-order valence-corrected chi connectivity index (χ1v) is 12.4. The summed E-state index contributed by atoms with van der Waals surface area (Å²) in [7, 11) is 0. The fourth-order valence-corrected chi connectivity index (χ4v) is 7.23. The van der Waals surface area contributed by atoms with E-state index in [0.29, 0.717) is 12.5 Å². The maximum atomic E-state index is 13.3. The summed E-state index contributed by atoms with van der Waals surface area (Å²) in [6, 6.07) is 17.1. The van der Waals surface area contributed by atoms with Gasteiger partial charge in [0.1, 0.15) is 5.82 Å². The Labute approximate surface area is 190 Å². The maximum absolute atomic E-state index is 13.3. The smallest absolute Gasteiger partial charge is 0.226 e. The Morgan fingerprint density at radius 1 is 1.00 bits per heavy atom. The number of carbonyl (C=O) groups is 1. The molecule has 1 aromatic heterocycles. The Kier molecular flexibility index (Phi) is 4.85. The van der Waals surface area contributed by atoms with Gasteiger partial charge < -0.3 is 9.88 Å². The molecule has 0 unspecified atom stereocenters. The third-order valence-corrected chi connectivity index (χ3v) is 8.35. The summed E-state index contributed by atoms with van der Waals surface area (Å²) in [6.45, 7) is 3.59. The van der Waals surface area contributed by atoms with Gasteiger partial charge in [0.25, 0.3) is 0 Å². The van der Waals surface area contributed by atoms with E-state index in [-0.39, 0.29) is 5.41 Å². The van der Waals surface area contributed by atoms with E-state index in [2.05, 4.69) is 59.3 Å². The predicted octanol–water partition coefficient (Wildman–Crippen LogP) is 5.27. The first-order valence-electron chi connectivity index (χ1n) is 12.4. The first-order chi connectivity index (χ1) is 15.6. The van der Waals surface area contributed by atoms with Crippen LogP contribution >= 0.6 is 0 Å². The summed E-state index contributed by atoms with van der Waals surface area (Å²) in [5.41, 5.74) is 4.67. The monoisotopic (exact) mass is 427 g/mol. The van der Waals surface area contributed by atoms with Crippen molar-refractivity contribution in [2.24, 2.45) is 23.2 Å². The molecule has 0 atom stereocenters. The maximum Gasteiger partial charge on any atom is 0.226 e. The molecule has 4 aliphatic rings. The first kappa shape index (κ1) is 20.0. The summed E-state index contributed by atoms with van der Waals surface area (Å²) in [5.74, 6) is 3.76. The van der Waals surface area contributed by atoms with Crippen LogP contribution in [0.3, 0.4) is 0 Å². The van der Waals surface area contributed by atoms with Crippen molar-refractivity contribution < 1.29 is 4.79 Å². The molecule has 4 heteroatoms. The highest BCUT2D eigenvalue weighted by Crippen LogP contribution is 2.60. The van der Waals surface area contributed by atoms with Crippen LogP contribution in [0.1, 0.15) is 55.5 Å². The second kappa shape index (κ2) is 7.75. The number of benzene rings is 2. The van der Waals surface area contributed by atoms with Crippen LogP contribution in [0, 0.1) is 30.1 Å². The Morgan fingerprint density at radius 2 is 1.66 bits per heavy atom. The number of imidazole rings is 1. The second-order valence-corrected chi connectivity index (χ2v) is 10.8. The van der Waals surface area contributed by atoms with Crippen molar-refractivity contribution in [1.82, 2.24) is 14.9 Å². The number of nitrogens with one attached hydrogen (secondary N) is 1. The van der Waals surface area contributed by atoms with Crippen LogP contribution in [0.25, 0.3) is 11.0 Å². The van der Waals surface area contributed by atoms with E-state index in [1.165, 1.54) is 30.4 Å². The fourth-order valence-electron chi connectivity index (χ4n) is 7.23. The van der Waals surface area contributed by atoms with E-state index in [1.54, 1.807) is 0 Å². The molecule has 0 saturated heterocycles. The van der Waals surface area contributed by atoms with Gasteiger partial charge in [-0.05, 0) is 80.9 Å². The fraction of sp³-hybridized carbons (Fsp3) is 0.500. The van der Waals surface area contributed by atoms with Gasteiger partial charge in [0.05, 0.1) is 11.0 Å². The molecule has 0 radical (unpaired) electrons. The standard InChI is InChI=1S/C28H33N3O/c1-19-6-8-20(9-7-19)18-31-25-5-3-2-4-24(25)30-26(31)10-11-29-27(32)28-15-21-12-22(16-28)14-23(13-21)17-28/h2-9,21-23H,10-18H2,1H3,(H,29,32). The normalized spacial score (nSPS) is 28.3. The summed E-state index contributed by atoms with van der Waals surface area (Å²) >= 11 is 0. The van der Waals surface area contributed by atoms with Crippen LogP contribution in [0.5, 0.6) is 0 Å². The summed E-state index contributed by atoms with van der Waals surface area (Å²) < 4.78 is 2.32. The molecule has 0 spiro atoms. The molecule has 32 heavy (non-hydrogen) atoms. The third-order valence-electron chi connectivity index (χ3n) is 8.35. The van der Waals surface area contributed by atoms with Gasteiger partial charge in [-0.1, -0.05) is 42.0 Å². The Balaban J connectivity index is 1.18. The van der Waals surface area contributed by atoms with Gasteiger partial charge in [0.2, 0.25) is 5.91 Å². The van der Waals surface area contributed by atoms with Gasteiger partial charge in [-0.25, -0.2) is 4.98 Å². The highest BCUT2D eigenvalue weighted by Gasteiger charge is 2.54. The average molecular weight is 428 g/mol. The van der Waals surface area contributed by atoms with Crippen LogP contribution in [0.15, 0.2) is 48.5 Å². The molecule has 166 valence electrons. The number of aromatic nitrogens is 2. The van der Waals surface area contributed by atoms with Crippen molar-refractivity contribution in [3.05, 3.63) is 65.5 Å². The molecule has 4 bridgehead atoms. The Morgan fingerprint density at radius 3 is 2.34 bits per heavy atom. The SMILES string of the molecule is Cc1ccc(Cn2c(CCNC(=O)C34CC5CC(CC(C5)C3)C4)nc3ccccc32)cc1. The number of rotatable bonds is 6. The summed E-state index contributed by atoms with van der Waals surface area (Å²) in [4.78, 5) is 18.3. The van der Waals surface area contributed by atoms with Crippen LogP contribution in [0.2, 0.25) is 0 Å². The zero-order chi connectivity index (χ0) is 21.7.